The zero-order chi connectivity index (χ0) is 27.9. The minimum Gasteiger partial charge on any atom is -0.456 e. The number of thiophene rings is 1. The van der Waals surface area contributed by atoms with Crippen molar-refractivity contribution in [1.29, 1.82) is 0 Å². The monoisotopic (exact) mass is 552 g/mol. The summed E-state index contributed by atoms with van der Waals surface area (Å²) in [6, 6.07) is 36.8. The summed E-state index contributed by atoms with van der Waals surface area (Å²) < 4.78 is 21.7. The van der Waals surface area contributed by atoms with Crippen LogP contribution in [0.25, 0.3) is 64.4 Å². The SMILES string of the molecule is CC1(C)OB(c2ccc(-c3cc(-c4ccc5sc6ccccc6c5c4)cc4oc5ccccc5c34)cc2)OC1(C)C. The maximum Gasteiger partial charge on any atom is 0.494 e. The number of furan rings is 1. The molecule has 0 amide bonds. The molecule has 5 aromatic carbocycles. The number of para-hydroxylation sites is 1. The lowest BCUT2D eigenvalue weighted by Crippen LogP contribution is -2.41. The van der Waals surface area contributed by atoms with Crippen LogP contribution in [0.5, 0.6) is 0 Å². The fourth-order valence-electron chi connectivity index (χ4n) is 5.95. The highest BCUT2D eigenvalue weighted by Crippen LogP contribution is 2.42. The summed E-state index contributed by atoms with van der Waals surface area (Å²) in [4.78, 5) is 0. The van der Waals surface area contributed by atoms with E-state index in [0.29, 0.717) is 0 Å². The fraction of sp³-hybridized carbons (Fsp3) is 0.167. The quantitative estimate of drug-likeness (QED) is 0.205. The predicted molar refractivity (Wildman–Crippen MR) is 173 cm³/mol. The van der Waals surface area contributed by atoms with Gasteiger partial charge < -0.3 is 13.7 Å². The Bertz CT molecular complexity index is 2100. The first kappa shape index (κ1) is 24.9. The molecule has 0 aliphatic carbocycles. The summed E-state index contributed by atoms with van der Waals surface area (Å²) in [6.45, 7) is 8.35. The third-order valence-electron chi connectivity index (χ3n) is 8.94. The second-order valence-electron chi connectivity index (χ2n) is 12.0. The van der Waals surface area contributed by atoms with E-state index in [0.717, 1.165) is 44.1 Å². The average molecular weight is 553 g/mol. The van der Waals surface area contributed by atoms with Gasteiger partial charge in [0.1, 0.15) is 11.2 Å². The van der Waals surface area contributed by atoms with Gasteiger partial charge in [-0.2, -0.15) is 0 Å². The fourth-order valence-corrected chi connectivity index (χ4v) is 7.04. The van der Waals surface area contributed by atoms with Gasteiger partial charge in [-0.05, 0) is 91.8 Å². The van der Waals surface area contributed by atoms with Gasteiger partial charge in [0.2, 0.25) is 0 Å². The van der Waals surface area contributed by atoms with Crippen LogP contribution in [0.2, 0.25) is 0 Å². The van der Waals surface area contributed by atoms with Crippen LogP contribution >= 0.6 is 11.3 Å². The molecular formula is C36H29BO3S. The van der Waals surface area contributed by atoms with Crippen LogP contribution in [-0.4, -0.2) is 18.3 Å². The highest BCUT2D eigenvalue weighted by molar-refractivity contribution is 7.25. The molecule has 1 fully saturated rings. The molecule has 0 N–H and O–H groups in total. The van der Waals surface area contributed by atoms with Gasteiger partial charge in [0.15, 0.2) is 0 Å². The van der Waals surface area contributed by atoms with Crippen molar-refractivity contribution in [2.75, 3.05) is 0 Å². The van der Waals surface area contributed by atoms with Crippen LogP contribution in [0, 0.1) is 0 Å². The lowest BCUT2D eigenvalue weighted by Gasteiger charge is -2.32. The molecule has 3 heterocycles. The van der Waals surface area contributed by atoms with Gasteiger partial charge in [0.05, 0.1) is 11.2 Å². The first-order valence-electron chi connectivity index (χ1n) is 14.1. The van der Waals surface area contributed by atoms with Crippen molar-refractivity contribution in [3.63, 3.8) is 0 Å². The van der Waals surface area contributed by atoms with E-state index >= 15 is 0 Å². The first-order chi connectivity index (χ1) is 19.8. The van der Waals surface area contributed by atoms with Crippen molar-refractivity contribution >= 4 is 66.0 Å². The second kappa shape index (κ2) is 8.80. The first-order valence-corrected chi connectivity index (χ1v) is 14.9. The van der Waals surface area contributed by atoms with E-state index < -0.39 is 0 Å². The molecule has 0 spiro atoms. The van der Waals surface area contributed by atoms with E-state index in [-0.39, 0.29) is 18.3 Å². The lowest BCUT2D eigenvalue weighted by atomic mass is 9.78. The Hall–Kier alpha value is -3.90. The standard InChI is InChI=1S/C36H29BO3S/c1-35(2)36(3,4)40-37(39-35)25-16-13-22(14-17-25)28-20-24(21-31-34(28)27-10-5-7-11-30(27)38-31)23-15-18-33-29(19-23)26-9-6-8-12-32(26)41-33/h5-21H,1-4H3. The molecule has 41 heavy (non-hydrogen) atoms. The number of hydrogen-bond acceptors (Lipinski definition) is 4. The Labute approximate surface area is 243 Å². The molecule has 0 unspecified atom stereocenters. The lowest BCUT2D eigenvalue weighted by molar-refractivity contribution is 0.00578. The van der Waals surface area contributed by atoms with E-state index in [9.17, 15) is 0 Å². The summed E-state index contributed by atoms with van der Waals surface area (Å²) in [5.74, 6) is 0. The smallest absolute Gasteiger partial charge is 0.456 e. The molecule has 1 saturated heterocycles. The molecule has 7 aromatic rings. The Morgan fingerprint density at radius 3 is 2.00 bits per heavy atom. The zero-order valence-corrected chi connectivity index (χ0v) is 24.3. The van der Waals surface area contributed by atoms with Crippen molar-refractivity contribution < 1.29 is 13.7 Å². The van der Waals surface area contributed by atoms with E-state index in [2.05, 4.69) is 119 Å². The van der Waals surface area contributed by atoms with Crippen molar-refractivity contribution in [3.8, 4) is 22.3 Å². The van der Waals surface area contributed by atoms with Crippen molar-refractivity contribution in [2.45, 2.75) is 38.9 Å². The molecule has 0 saturated carbocycles. The summed E-state index contributed by atoms with van der Waals surface area (Å²) in [5.41, 5.74) is 6.66. The van der Waals surface area contributed by atoms with E-state index in [1.165, 1.54) is 25.7 Å². The highest BCUT2D eigenvalue weighted by Gasteiger charge is 2.51. The molecule has 200 valence electrons. The number of fused-ring (bicyclic) bond motifs is 6. The van der Waals surface area contributed by atoms with E-state index in [4.69, 9.17) is 13.7 Å². The van der Waals surface area contributed by atoms with Crippen molar-refractivity contribution in [3.05, 3.63) is 103 Å². The van der Waals surface area contributed by atoms with Crippen molar-refractivity contribution in [2.24, 2.45) is 0 Å². The minimum absolute atomic E-state index is 0.374. The van der Waals surface area contributed by atoms with Gasteiger partial charge in [0.25, 0.3) is 0 Å². The molecule has 8 rings (SSSR count). The third-order valence-corrected chi connectivity index (χ3v) is 10.1. The Morgan fingerprint density at radius 2 is 1.22 bits per heavy atom. The van der Waals surface area contributed by atoms with Crippen LogP contribution in [0.3, 0.4) is 0 Å². The summed E-state index contributed by atoms with van der Waals surface area (Å²) in [6.07, 6.45) is 0. The predicted octanol–water partition coefficient (Wildman–Crippen LogP) is 9.59. The van der Waals surface area contributed by atoms with Gasteiger partial charge in [-0.25, -0.2) is 0 Å². The molecule has 1 aliphatic heterocycles. The largest absolute Gasteiger partial charge is 0.494 e. The Kier molecular flexibility index (Phi) is 5.34. The molecule has 1 aliphatic rings. The molecule has 0 radical (unpaired) electrons. The van der Waals surface area contributed by atoms with Gasteiger partial charge in [-0.3, -0.25) is 0 Å². The van der Waals surface area contributed by atoms with Gasteiger partial charge in [0, 0.05) is 30.9 Å². The van der Waals surface area contributed by atoms with Crippen LogP contribution < -0.4 is 5.46 Å². The molecule has 0 bridgehead atoms. The van der Waals surface area contributed by atoms with Crippen molar-refractivity contribution in [1.82, 2.24) is 0 Å². The molecule has 5 heteroatoms. The van der Waals surface area contributed by atoms with Gasteiger partial charge in [-0.1, -0.05) is 66.7 Å². The van der Waals surface area contributed by atoms with Gasteiger partial charge in [-0.15, -0.1) is 11.3 Å². The molecule has 3 nitrogen and oxygen atoms in total. The maximum absolute atomic E-state index is 6.43. The summed E-state index contributed by atoms with van der Waals surface area (Å²) in [7, 11) is -0.387. The Morgan fingerprint density at radius 1 is 0.561 bits per heavy atom. The van der Waals surface area contributed by atoms with Crippen LogP contribution in [-0.2, 0) is 9.31 Å². The summed E-state index contributed by atoms with van der Waals surface area (Å²) >= 11 is 1.84. The topological polar surface area (TPSA) is 31.6 Å². The average Bonchev–Trinajstić information content (AvgIpc) is 3.60. The second-order valence-corrected chi connectivity index (χ2v) is 13.1. The van der Waals surface area contributed by atoms with E-state index in [1.54, 1.807) is 0 Å². The molecule has 0 atom stereocenters. The zero-order valence-electron chi connectivity index (χ0n) is 23.5. The highest BCUT2D eigenvalue weighted by atomic mass is 32.1. The molecular weight excluding hydrogens is 523 g/mol. The number of benzene rings is 5. The Balaban J connectivity index is 1.28. The van der Waals surface area contributed by atoms with Crippen LogP contribution in [0.4, 0.5) is 0 Å². The van der Waals surface area contributed by atoms with Crippen LogP contribution in [0.15, 0.2) is 108 Å². The normalized spacial score (nSPS) is 16.4. The number of hydrogen-bond donors (Lipinski definition) is 0. The van der Waals surface area contributed by atoms with Gasteiger partial charge >= 0.3 is 7.12 Å². The minimum atomic E-state index is -0.387. The van der Waals surface area contributed by atoms with E-state index in [1.807, 2.05) is 23.5 Å². The summed E-state index contributed by atoms with van der Waals surface area (Å²) in [5, 5.41) is 4.85. The molecule has 2 aromatic heterocycles. The van der Waals surface area contributed by atoms with Crippen LogP contribution in [0.1, 0.15) is 27.7 Å². The number of rotatable bonds is 3. The third kappa shape index (κ3) is 3.87. The maximum atomic E-state index is 6.43.